The van der Waals surface area contributed by atoms with Gasteiger partial charge < -0.3 is 9.42 Å². The first-order valence-corrected chi connectivity index (χ1v) is 4.22. The molecule has 1 heterocycles. The highest BCUT2D eigenvalue weighted by Gasteiger charge is 2.18. The summed E-state index contributed by atoms with van der Waals surface area (Å²) in [6, 6.07) is 0.182. The van der Waals surface area contributed by atoms with Gasteiger partial charge in [-0.3, -0.25) is 4.79 Å². The van der Waals surface area contributed by atoms with Crippen LogP contribution in [-0.2, 0) is 0 Å². The number of rotatable bonds is 2. The van der Waals surface area contributed by atoms with Crippen LogP contribution in [-0.4, -0.2) is 29.1 Å². The van der Waals surface area contributed by atoms with Crippen molar-refractivity contribution in [1.82, 2.24) is 10.1 Å². The fourth-order valence-electron chi connectivity index (χ4n) is 0.929. The summed E-state index contributed by atoms with van der Waals surface area (Å²) in [5, 5.41) is 3.56. The van der Waals surface area contributed by atoms with Crippen molar-refractivity contribution in [3.63, 3.8) is 0 Å². The Hall–Kier alpha value is -1.32. The molecule has 0 aliphatic heterocycles. The molecule has 13 heavy (non-hydrogen) atoms. The van der Waals surface area contributed by atoms with Crippen LogP contribution in [0.3, 0.4) is 0 Å². The predicted octanol–water partition coefficient (Wildman–Crippen LogP) is 1.46. The predicted molar refractivity (Wildman–Crippen MR) is 48.5 cm³/mol. The van der Waals surface area contributed by atoms with Gasteiger partial charge in [-0.25, -0.2) is 0 Å². The van der Waals surface area contributed by atoms with Crippen LogP contribution in [0.2, 0.25) is 0 Å². The van der Waals surface area contributed by atoms with Gasteiger partial charge in [0.05, 0.1) is 6.20 Å². The maximum atomic E-state index is 11.7. The Bertz CT molecular complexity index is 304. The average Bonchev–Trinajstić information content (AvgIpc) is 2.48. The second kappa shape index (κ2) is 3.60. The Morgan fingerprint density at radius 2 is 2.23 bits per heavy atom. The van der Waals surface area contributed by atoms with Crippen LogP contribution in [0.4, 0.5) is 0 Å². The van der Waals surface area contributed by atoms with E-state index in [1.807, 2.05) is 13.8 Å². The van der Waals surface area contributed by atoms with Crippen molar-refractivity contribution in [3.8, 4) is 0 Å². The Morgan fingerprint density at radius 3 is 2.62 bits per heavy atom. The molecule has 0 aromatic carbocycles. The number of hydrogen-bond acceptors (Lipinski definition) is 3. The molecule has 4 nitrogen and oxygen atoms in total. The fourth-order valence-corrected chi connectivity index (χ4v) is 0.929. The summed E-state index contributed by atoms with van der Waals surface area (Å²) in [5.74, 6) is 0.520. The number of aryl methyl sites for hydroxylation is 1. The van der Waals surface area contributed by atoms with Gasteiger partial charge in [-0.15, -0.1) is 0 Å². The molecule has 0 atom stereocenters. The van der Waals surface area contributed by atoms with Gasteiger partial charge in [0.2, 0.25) is 0 Å². The summed E-state index contributed by atoms with van der Waals surface area (Å²) in [4.78, 5) is 13.3. The Balaban J connectivity index is 2.86. The largest absolute Gasteiger partial charge is 0.361 e. The number of nitrogens with zero attached hydrogens (tertiary/aromatic N) is 2. The first kappa shape index (κ1) is 9.77. The molecule has 1 aromatic rings. The minimum absolute atomic E-state index is 0.0475. The minimum atomic E-state index is -0.0475. The Labute approximate surface area is 77.5 Å². The highest BCUT2D eigenvalue weighted by atomic mass is 16.5. The second-order valence-electron chi connectivity index (χ2n) is 3.31. The van der Waals surface area contributed by atoms with Gasteiger partial charge in [-0.05, 0) is 20.8 Å². The van der Waals surface area contributed by atoms with Gasteiger partial charge in [-0.1, -0.05) is 5.16 Å². The third-order valence-corrected chi connectivity index (χ3v) is 2.08. The Kier molecular flexibility index (Phi) is 2.70. The van der Waals surface area contributed by atoms with Crippen molar-refractivity contribution < 1.29 is 9.32 Å². The minimum Gasteiger partial charge on any atom is -0.361 e. The van der Waals surface area contributed by atoms with Crippen molar-refractivity contribution in [2.45, 2.75) is 26.8 Å². The van der Waals surface area contributed by atoms with E-state index >= 15 is 0 Å². The first-order valence-electron chi connectivity index (χ1n) is 4.22. The van der Waals surface area contributed by atoms with Gasteiger partial charge >= 0.3 is 0 Å². The fraction of sp³-hybridized carbons (Fsp3) is 0.556. The van der Waals surface area contributed by atoms with Gasteiger partial charge in [0.25, 0.3) is 5.91 Å². The third-order valence-electron chi connectivity index (χ3n) is 2.08. The van der Waals surface area contributed by atoms with E-state index in [0.717, 1.165) is 0 Å². The van der Waals surface area contributed by atoms with E-state index in [9.17, 15) is 4.79 Å². The van der Waals surface area contributed by atoms with Crippen LogP contribution in [0, 0.1) is 6.92 Å². The summed E-state index contributed by atoms with van der Waals surface area (Å²) in [5.41, 5.74) is 0.538. The summed E-state index contributed by atoms with van der Waals surface area (Å²) in [7, 11) is 1.76. The zero-order valence-electron chi connectivity index (χ0n) is 8.37. The van der Waals surface area contributed by atoms with E-state index < -0.39 is 0 Å². The van der Waals surface area contributed by atoms with Crippen LogP contribution in [0.5, 0.6) is 0 Å². The molecule has 1 aromatic heterocycles. The van der Waals surface area contributed by atoms with Crippen molar-refractivity contribution in [2.75, 3.05) is 7.05 Å². The molecule has 1 rings (SSSR count). The molecular weight excluding hydrogens is 168 g/mol. The molecule has 0 saturated heterocycles. The highest BCUT2D eigenvalue weighted by molar-refractivity contribution is 5.94. The SMILES string of the molecule is Cc1oncc1C(=O)N(C)C(C)C. The first-order chi connectivity index (χ1) is 6.04. The number of aromatic nitrogens is 1. The molecular formula is C9H14N2O2. The van der Waals surface area contributed by atoms with E-state index in [0.29, 0.717) is 11.3 Å². The summed E-state index contributed by atoms with van der Waals surface area (Å²) in [6.45, 7) is 5.65. The quantitative estimate of drug-likeness (QED) is 0.695. The molecule has 0 radical (unpaired) electrons. The molecule has 0 bridgehead atoms. The van der Waals surface area contributed by atoms with E-state index in [1.54, 1.807) is 18.9 Å². The second-order valence-corrected chi connectivity index (χ2v) is 3.31. The average molecular weight is 182 g/mol. The monoisotopic (exact) mass is 182 g/mol. The summed E-state index contributed by atoms with van der Waals surface area (Å²) >= 11 is 0. The van der Waals surface area contributed by atoms with E-state index in [1.165, 1.54) is 6.20 Å². The van der Waals surface area contributed by atoms with Crippen LogP contribution in [0.15, 0.2) is 10.7 Å². The van der Waals surface area contributed by atoms with Crippen molar-refractivity contribution in [2.24, 2.45) is 0 Å². The lowest BCUT2D eigenvalue weighted by Gasteiger charge is -2.20. The molecule has 0 saturated carbocycles. The van der Waals surface area contributed by atoms with Crippen LogP contribution in [0.25, 0.3) is 0 Å². The van der Waals surface area contributed by atoms with Gasteiger partial charge in [0, 0.05) is 13.1 Å². The highest BCUT2D eigenvalue weighted by Crippen LogP contribution is 2.10. The lowest BCUT2D eigenvalue weighted by atomic mass is 10.2. The maximum Gasteiger partial charge on any atom is 0.259 e. The van der Waals surface area contributed by atoms with Gasteiger partial charge in [-0.2, -0.15) is 0 Å². The van der Waals surface area contributed by atoms with Crippen LogP contribution >= 0.6 is 0 Å². The maximum absolute atomic E-state index is 11.7. The standard InChI is InChI=1S/C9H14N2O2/c1-6(2)11(4)9(12)8-5-10-13-7(8)3/h5-6H,1-4H3. The van der Waals surface area contributed by atoms with Gasteiger partial charge in [0.1, 0.15) is 11.3 Å². The zero-order chi connectivity index (χ0) is 10.0. The molecule has 0 unspecified atom stereocenters. The topological polar surface area (TPSA) is 46.3 Å². The Morgan fingerprint density at radius 1 is 1.62 bits per heavy atom. The molecule has 0 fully saturated rings. The van der Waals surface area contributed by atoms with Gasteiger partial charge in [0.15, 0.2) is 0 Å². The third kappa shape index (κ3) is 1.88. The molecule has 72 valence electrons. The number of carbonyl (C=O) groups is 1. The lowest BCUT2D eigenvalue weighted by molar-refractivity contribution is 0.0753. The summed E-state index contributed by atoms with van der Waals surface area (Å²) in [6.07, 6.45) is 1.45. The van der Waals surface area contributed by atoms with Crippen LogP contribution in [0.1, 0.15) is 30.0 Å². The number of hydrogen-bond donors (Lipinski definition) is 0. The molecule has 0 aliphatic rings. The van der Waals surface area contributed by atoms with E-state index in [4.69, 9.17) is 4.52 Å². The smallest absolute Gasteiger partial charge is 0.259 e. The van der Waals surface area contributed by atoms with Crippen molar-refractivity contribution >= 4 is 5.91 Å². The normalized spacial score (nSPS) is 10.5. The summed E-state index contributed by atoms with van der Waals surface area (Å²) < 4.78 is 4.82. The van der Waals surface area contributed by atoms with E-state index in [-0.39, 0.29) is 11.9 Å². The molecule has 4 heteroatoms. The number of carbonyl (C=O) groups excluding carboxylic acids is 1. The van der Waals surface area contributed by atoms with Crippen LogP contribution < -0.4 is 0 Å². The zero-order valence-corrected chi connectivity index (χ0v) is 8.37. The molecule has 1 amide bonds. The molecule has 0 N–H and O–H groups in total. The van der Waals surface area contributed by atoms with Crippen molar-refractivity contribution in [1.29, 1.82) is 0 Å². The van der Waals surface area contributed by atoms with Crippen molar-refractivity contribution in [3.05, 3.63) is 17.5 Å². The van der Waals surface area contributed by atoms with E-state index in [2.05, 4.69) is 5.16 Å². The lowest BCUT2D eigenvalue weighted by Crippen LogP contribution is -2.33. The number of amides is 1. The molecule has 0 aliphatic carbocycles. The molecule has 0 spiro atoms.